The van der Waals surface area contributed by atoms with Crippen LogP contribution >= 0.6 is 11.5 Å². The van der Waals surface area contributed by atoms with Gasteiger partial charge in [0.25, 0.3) is 5.91 Å². The average Bonchev–Trinajstić information content (AvgIpc) is 3.27. The highest BCUT2D eigenvalue weighted by atomic mass is 32.1. The van der Waals surface area contributed by atoms with Gasteiger partial charge >= 0.3 is 0 Å². The van der Waals surface area contributed by atoms with Gasteiger partial charge in [0.15, 0.2) is 5.69 Å². The van der Waals surface area contributed by atoms with Crippen molar-refractivity contribution in [3.8, 4) is 0 Å². The fourth-order valence-corrected chi connectivity index (χ4v) is 3.74. The number of aryl methyl sites for hydroxylation is 1. The Morgan fingerprint density at radius 1 is 1.03 bits per heavy atom. The first-order valence-electron chi connectivity index (χ1n) is 10.3. The zero-order valence-electron chi connectivity index (χ0n) is 18.3. The fourth-order valence-electron chi connectivity index (χ4n) is 3.31. The standard InChI is InChI=1S/C24H28N4O2S/c1-5-17-11-13-19(14-12-17)21(22(29)25-24(2,3)4)28(15-18-9-7-6-8-10-18)23(30)20-16-31-27-26-20/h6-14,16,21H,5,15H2,1-4H3,(H,25,29). The van der Waals surface area contributed by atoms with Crippen LogP contribution in [0.25, 0.3) is 0 Å². The highest BCUT2D eigenvalue weighted by Crippen LogP contribution is 2.27. The number of rotatable bonds is 7. The van der Waals surface area contributed by atoms with Crippen molar-refractivity contribution in [3.63, 3.8) is 0 Å². The molecule has 0 aliphatic rings. The first-order chi connectivity index (χ1) is 14.8. The van der Waals surface area contributed by atoms with Crippen LogP contribution in [0.4, 0.5) is 0 Å². The summed E-state index contributed by atoms with van der Waals surface area (Å²) < 4.78 is 3.84. The van der Waals surface area contributed by atoms with Gasteiger partial charge in [-0.3, -0.25) is 9.59 Å². The van der Waals surface area contributed by atoms with Gasteiger partial charge in [0, 0.05) is 17.5 Å². The number of aromatic nitrogens is 2. The molecule has 0 saturated heterocycles. The first-order valence-corrected chi connectivity index (χ1v) is 11.1. The molecule has 1 aromatic heterocycles. The van der Waals surface area contributed by atoms with Crippen LogP contribution in [0.1, 0.15) is 60.9 Å². The van der Waals surface area contributed by atoms with Crippen molar-refractivity contribution >= 4 is 23.3 Å². The molecule has 1 unspecified atom stereocenters. The molecule has 7 heteroatoms. The number of hydrogen-bond donors (Lipinski definition) is 1. The molecule has 0 fully saturated rings. The molecule has 0 radical (unpaired) electrons. The molecule has 2 aromatic carbocycles. The van der Waals surface area contributed by atoms with Crippen molar-refractivity contribution in [3.05, 3.63) is 82.4 Å². The van der Waals surface area contributed by atoms with E-state index in [0.29, 0.717) is 0 Å². The third-order valence-corrected chi connectivity index (χ3v) is 5.30. The molecule has 1 heterocycles. The average molecular weight is 437 g/mol. The Hall–Kier alpha value is -3.06. The van der Waals surface area contributed by atoms with Crippen molar-refractivity contribution in [2.75, 3.05) is 0 Å². The number of carbonyl (C=O) groups excluding carboxylic acids is 2. The van der Waals surface area contributed by atoms with Gasteiger partial charge in [-0.2, -0.15) is 0 Å². The fraction of sp³-hybridized carbons (Fsp3) is 0.333. The van der Waals surface area contributed by atoms with E-state index >= 15 is 0 Å². The van der Waals surface area contributed by atoms with Gasteiger partial charge < -0.3 is 10.2 Å². The van der Waals surface area contributed by atoms with Crippen LogP contribution in [-0.2, 0) is 17.8 Å². The molecular weight excluding hydrogens is 408 g/mol. The number of nitrogens with zero attached hydrogens (tertiary/aromatic N) is 3. The number of benzene rings is 2. The van der Waals surface area contributed by atoms with Crippen LogP contribution < -0.4 is 5.32 Å². The lowest BCUT2D eigenvalue weighted by Gasteiger charge is -2.33. The summed E-state index contributed by atoms with van der Waals surface area (Å²) in [7, 11) is 0. The van der Waals surface area contributed by atoms with Crippen LogP contribution in [0.2, 0.25) is 0 Å². The molecule has 31 heavy (non-hydrogen) atoms. The van der Waals surface area contributed by atoms with E-state index in [4.69, 9.17) is 0 Å². The summed E-state index contributed by atoms with van der Waals surface area (Å²) in [6.07, 6.45) is 0.899. The molecule has 0 saturated carbocycles. The first kappa shape index (κ1) is 22.6. The van der Waals surface area contributed by atoms with E-state index in [1.807, 2.05) is 75.4 Å². The van der Waals surface area contributed by atoms with E-state index in [1.54, 1.807) is 10.3 Å². The Kier molecular flexibility index (Phi) is 7.17. The maximum Gasteiger partial charge on any atom is 0.276 e. The van der Waals surface area contributed by atoms with E-state index in [2.05, 4.69) is 21.8 Å². The Morgan fingerprint density at radius 3 is 2.26 bits per heavy atom. The Labute approximate surface area is 187 Å². The van der Waals surface area contributed by atoms with Crippen LogP contribution in [0.15, 0.2) is 60.0 Å². The maximum absolute atomic E-state index is 13.5. The minimum absolute atomic E-state index is 0.232. The second kappa shape index (κ2) is 9.83. The molecule has 3 rings (SSSR count). The third-order valence-electron chi connectivity index (χ3n) is 4.80. The summed E-state index contributed by atoms with van der Waals surface area (Å²) in [5, 5.41) is 8.62. The highest BCUT2D eigenvalue weighted by Gasteiger charge is 2.34. The maximum atomic E-state index is 13.5. The molecule has 0 bridgehead atoms. The predicted octanol–water partition coefficient (Wildman–Crippen LogP) is 4.40. The summed E-state index contributed by atoms with van der Waals surface area (Å²) in [5.41, 5.74) is 2.65. The molecule has 0 aliphatic carbocycles. The zero-order chi connectivity index (χ0) is 22.4. The minimum atomic E-state index is -0.806. The monoisotopic (exact) mass is 436 g/mol. The SMILES string of the molecule is CCc1ccc(C(C(=O)NC(C)(C)C)N(Cc2ccccc2)C(=O)c2csnn2)cc1. The van der Waals surface area contributed by atoms with E-state index in [1.165, 1.54) is 5.56 Å². The van der Waals surface area contributed by atoms with Crippen LogP contribution in [-0.4, -0.2) is 31.8 Å². The minimum Gasteiger partial charge on any atom is -0.349 e. The highest BCUT2D eigenvalue weighted by molar-refractivity contribution is 7.03. The molecule has 1 atom stereocenters. The number of nitrogens with one attached hydrogen (secondary N) is 1. The lowest BCUT2D eigenvalue weighted by Crippen LogP contribution is -2.49. The molecule has 0 spiro atoms. The molecule has 1 N–H and O–H groups in total. The summed E-state index contributed by atoms with van der Waals surface area (Å²) >= 11 is 1.11. The van der Waals surface area contributed by atoms with Gasteiger partial charge in [-0.1, -0.05) is 66.0 Å². The largest absolute Gasteiger partial charge is 0.349 e. The molecule has 0 aliphatic heterocycles. The van der Waals surface area contributed by atoms with E-state index in [9.17, 15) is 9.59 Å². The second-order valence-corrected chi connectivity index (χ2v) is 9.06. The van der Waals surface area contributed by atoms with Gasteiger partial charge in [0.2, 0.25) is 5.91 Å². The third kappa shape index (κ3) is 5.98. The normalized spacial score (nSPS) is 12.3. The van der Waals surface area contributed by atoms with Crippen molar-refractivity contribution < 1.29 is 9.59 Å². The molecule has 162 valence electrons. The number of carbonyl (C=O) groups is 2. The molecule has 2 amide bonds. The van der Waals surface area contributed by atoms with Gasteiger partial charge in [-0.15, -0.1) is 5.10 Å². The van der Waals surface area contributed by atoms with Crippen molar-refractivity contribution in [2.24, 2.45) is 0 Å². The summed E-state index contributed by atoms with van der Waals surface area (Å²) in [4.78, 5) is 28.5. The summed E-state index contributed by atoms with van der Waals surface area (Å²) in [6, 6.07) is 16.7. The van der Waals surface area contributed by atoms with Crippen molar-refractivity contribution in [2.45, 2.75) is 52.2 Å². The second-order valence-electron chi connectivity index (χ2n) is 8.45. The van der Waals surface area contributed by atoms with Crippen LogP contribution in [0.5, 0.6) is 0 Å². The van der Waals surface area contributed by atoms with Gasteiger partial charge in [-0.25, -0.2) is 0 Å². The Morgan fingerprint density at radius 2 is 1.71 bits per heavy atom. The zero-order valence-corrected chi connectivity index (χ0v) is 19.1. The van der Waals surface area contributed by atoms with E-state index in [-0.39, 0.29) is 24.1 Å². The van der Waals surface area contributed by atoms with Gasteiger partial charge in [0.05, 0.1) is 0 Å². The van der Waals surface area contributed by atoms with E-state index in [0.717, 1.165) is 29.1 Å². The Balaban J connectivity index is 2.07. The van der Waals surface area contributed by atoms with Gasteiger partial charge in [0.1, 0.15) is 6.04 Å². The van der Waals surface area contributed by atoms with Crippen molar-refractivity contribution in [1.29, 1.82) is 0 Å². The topological polar surface area (TPSA) is 75.2 Å². The van der Waals surface area contributed by atoms with E-state index < -0.39 is 11.6 Å². The smallest absolute Gasteiger partial charge is 0.276 e. The lowest BCUT2D eigenvalue weighted by atomic mass is 9.99. The Bertz CT molecular complexity index is 996. The molecule has 6 nitrogen and oxygen atoms in total. The van der Waals surface area contributed by atoms with Gasteiger partial charge in [-0.05, 0) is 55.4 Å². The van der Waals surface area contributed by atoms with Crippen LogP contribution in [0, 0.1) is 0 Å². The number of amides is 2. The number of hydrogen-bond acceptors (Lipinski definition) is 5. The predicted molar refractivity (Wildman–Crippen MR) is 123 cm³/mol. The van der Waals surface area contributed by atoms with Crippen molar-refractivity contribution in [1.82, 2.24) is 19.8 Å². The van der Waals surface area contributed by atoms with Crippen LogP contribution in [0.3, 0.4) is 0 Å². The molecule has 3 aromatic rings. The quantitative estimate of drug-likeness (QED) is 0.596. The summed E-state index contributed by atoms with van der Waals surface area (Å²) in [5.74, 6) is -0.560. The summed E-state index contributed by atoms with van der Waals surface area (Å²) in [6.45, 7) is 8.13. The molecular formula is C24H28N4O2S. The lowest BCUT2D eigenvalue weighted by molar-refractivity contribution is -0.127.